The van der Waals surface area contributed by atoms with E-state index in [1.807, 2.05) is 44.4 Å². The number of hydrogen-bond donors (Lipinski definition) is 2. The molecule has 0 radical (unpaired) electrons. The highest BCUT2D eigenvalue weighted by atomic mass is 16.1. The molecule has 2 N–H and O–H groups in total. The Balaban J connectivity index is 1.96. The van der Waals surface area contributed by atoms with Gasteiger partial charge >= 0.3 is 0 Å². The minimum Gasteiger partial charge on any atom is -0.370 e. The summed E-state index contributed by atoms with van der Waals surface area (Å²) in [6.07, 6.45) is 2.49. The summed E-state index contributed by atoms with van der Waals surface area (Å²) in [7, 11) is 4.05. The first-order chi connectivity index (χ1) is 12.5. The van der Waals surface area contributed by atoms with Crippen LogP contribution < -0.4 is 10.6 Å². The van der Waals surface area contributed by atoms with Crippen molar-refractivity contribution in [3.63, 3.8) is 0 Å². The number of carbonyl (C=O) groups excluding carboxylic acids is 1. The molecular formula is C20H29N5O. The first-order valence-corrected chi connectivity index (χ1v) is 9.05. The maximum atomic E-state index is 12.2. The fraction of sp³-hybridized carbons (Fsp3) is 0.450. The fourth-order valence-electron chi connectivity index (χ4n) is 2.41. The number of nitrogens with one attached hydrogen (secondary N) is 2. The molecule has 6 heteroatoms. The number of amides is 1. The largest absolute Gasteiger partial charge is 0.370 e. The Morgan fingerprint density at radius 2 is 1.88 bits per heavy atom. The lowest BCUT2D eigenvalue weighted by atomic mass is 10.1. The maximum Gasteiger partial charge on any atom is 0.251 e. The molecule has 0 fully saturated rings. The van der Waals surface area contributed by atoms with Gasteiger partial charge in [-0.2, -0.15) is 0 Å². The van der Waals surface area contributed by atoms with Crippen molar-refractivity contribution in [3.8, 4) is 11.3 Å². The zero-order valence-corrected chi connectivity index (χ0v) is 16.1. The summed E-state index contributed by atoms with van der Waals surface area (Å²) >= 11 is 0. The number of anilines is 1. The molecule has 0 aliphatic heterocycles. The first kappa shape index (κ1) is 19.8. The molecule has 140 valence electrons. The van der Waals surface area contributed by atoms with Gasteiger partial charge in [0, 0.05) is 30.3 Å². The Morgan fingerprint density at radius 3 is 2.54 bits per heavy atom. The summed E-state index contributed by atoms with van der Waals surface area (Å²) in [5, 5.41) is 6.25. The third kappa shape index (κ3) is 6.44. The summed E-state index contributed by atoms with van der Waals surface area (Å²) in [6.45, 7) is 6.80. The molecule has 6 nitrogen and oxygen atoms in total. The summed E-state index contributed by atoms with van der Waals surface area (Å²) in [5.41, 5.74) is 2.46. The van der Waals surface area contributed by atoms with Gasteiger partial charge in [0.2, 0.25) is 0 Å². The highest BCUT2D eigenvalue weighted by molar-refractivity contribution is 5.94. The molecule has 0 atom stereocenters. The van der Waals surface area contributed by atoms with Crippen LogP contribution in [0.25, 0.3) is 11.3 Å². The molecule has 0 aliphatic carbocycles. The second-order valence-electron chi connectivity index (χ2n) is 7.05. The molecule has 0 saturated heterocycles. The highest BCUT2D eigenvalue weighted by Crippen LogP contribution is 2.19. The van der Waals surface area contributed by atoms with Gasteiger partial charge in [-0.3, -0.25) is 4.79 Å². The van der Waals surface area contributed by atoms with Gasteiger partial charge in [-0.05, 0) is 45.1 Å². The van der Waals surface area contributed by atoms with Crippen LogP contribution in [0.1, 0.15) is 30.6 Å². The smallest absolute Gasteiger partial charge is 0.251 e. The van der Waals surface area contributed by atoms with E-state index < -0.39 is 0 Å². The van der Waals surface area contributed by atoms with Crippen molar-refractivity contribution in [2.45, 2.75) is 20.3 Å². The van der Waals surface area contributed by atoms with Gasteiger partial charge < -0.3 is 15.5 Å². The summed E-state index contributed by atoms with van der Waals surface area (Å²) in [6, 6.07) is 9.44. The van der Waals surface area contributed by atoms with E-state index in [0.717, 1.165) is 36.6 Å². The van der Waals surface area contributed by atoms with Crippen LogP contribution >= 0.6 is 0 Å². The van der Waals surface area contributed by atoms with Crippen molar-refractivity contribution in [1.82, 2.24) is 20.2 Å². The topological polar surface area (TPSA) is 70.2 Å². The van der Waals surface area contributed by atoms with E-state index in [0.29, 0.717) is 18.0 Å². The normalized spacial score (nSPS) is 11.0. The molecule has 0 spiro atoms. The summed E-state index contributed by atoms with van der Waals surface area (Å²) < 4.78 is 0. The van der Waals surface area contributed by atoms with Crippen LogP contribution in [-0.4, -0.2) is 54.5 Å². The van der Waals surface area contributed by atoms with Crippen LogP contribution in [0.3, 0.4) is 0 Å². The van der Waals surface area contributed by atoms with Crippen LogP contribution in [0.5, 0.6) is 0 Å². The molecule has 0 aliphatic rings. The molecule has 1 aromatic carbocycles. The predicted molar refractivity (Wildman–Crippen MR) is 106 cm³/mol. The van der Waals surface area contributed by atoms with Crippen LogP contribution in [0.4, 0.5) is 5.82 Å². The molecule has 26 heavy (non-hydrogen) atoms. The number of rotatable bonds is 9. The van der Waals surface area contributed by atoms with E-state index >= 15 is 0 Å². The minimum atomic E-state index is -0.0442. The van der Waals surface area contributed by atoms with Crippen molar-refractivity contribution in [3.05, 3.63) is 42.2 Å². The molecule has 2 aromatic rings. The van der Waals surface area contributed by atoms with Gasteiger partial charge in [0.05, 0.1) is 5.69 Å². The van der Waals surface area contributed by atoms with E-state index in [2.05, 4.69) is 39.3 Å². The molecule has 1 heterocycles. The quantitative estimate of drug-likeness (QED) is 0.677. The van der Waals surface area contributed by atoms with Crippen LogP contribution in [0.15, 0.2) is 36.7 Å². The number of nitrogens with zero attached hydrogens (tertiary/aromatic N) is 3. The molecule has 0 unspecified atom stereocenters. The number of hydrogen-bond acceptors (Lipinski definition) is 5. The lowest BCUT2D eigenvalue weighted by Crippen LogP contribution is -2.27. The van der Waals surface area contributed by atoms with Gasteiger partial charge in [0.15, 0.2) is 0 Å². The predicted octanol–water partition coefficient (Wildman–Crippen LogP) is 2.89. The fourth-order valence-corrected chi connectivity index (χ4v) is 2.41. The van der Waals surface area contributed by atoms with Crippen molar-refractivity contribution in [1.29, 1.82) is 0 Å². The van der Waals surface area contributed by atoms with Crippen LogP contribution in [-0.2, 0) is 0 Å². The van der Waals surface area contributed by atoms with Crippen LogP contribution in [0, 0.1) is 5.92 Å². The standard InChI is InChI=1S/C20H29N5O/c1-15(2)13-22-19-12-18(23-14-24-19)16-6-8-17(9-7-16)20(26)21-10-5-11-25(3)4/h6-9,12,14-15H,5,10-11,13H2,1-4H3,(H,21,26)(H,22,23,24). The average molecular weight is 355 g/mol. The third-order valence-electron chi connectivity index (χ3n) is 3.87. The lowest BCUT2D eigenvalue weighted by molar-refractivity contribution is 0.0952. The van der Waals surface area contributed by atoms with Crippen molar-refractivity contribution >= 4 is 11.7 Å². The van der Waals surface area contributed by atoms with Gasteiger partial charge in [-0.25, -0.2) is 9.97 Å². The Morgan fingerprint density at radius 1 is 1.15 bits per heavy atom. The van der Waals surface area contributed by atoms with Gasteiger partial charge in [0.25, 0.3) is 5.91 Å². The Bertz CT molecular complexity index is 698. The number of aromatic nitrogens is 2. The molecule has 1 amide bonds. The first-order valence-electron chi connectivity index (χ1n) is 9.05. The van der Waals surface area contributed by atoms with Gasteiger partial charge in [-0.1, -0.05) is 26.0 Å². The van der Waals surface area contributed by atoms with E-state index in [1.54, 1.807) is 6.33 Å². The monoisotopic (exact) mass is 355 g/mol. The second-order valence-corrected chi connectivity index (χ2v) is 7.05. The van der Waals surface area contributed by atoms with Gasteiger partial charge in [0.1, 0.15) is 12.1 Å². The summed E-state index contributed by atoms with van der Waals surface area (Å²) in [4.78, 5) is 22.9. The molecular weight excluding hydrogens is 326 g/mol. The van der Waals surface area contributed by atoms with E-state index in [-0.39, 0.29) is 5.91 Å². The number of carbonyl (C=O) groups is 1. The van der Waals surface area contributed by atoms with E-state index in [9.17, 15) is 4.79 Å². The van der Waals surface area contributed by atoms with E-state index in [1.165, 1.54) is 0 Å². The molecule has 0 bridgehead atoms. The molecule has 2 rings (SSSR count). The SMILES string of the molecule is CC(C)CNc1cc(-c2ccc(C(=O)NCCCN(C)C)cc2)ncn1. The minimum absolute atomic E-state index is 0.0442. The van der Waals surface area contributed by atoms with Crippen molar-refractivity contribution in [2.75, 3.05) is 39.0 Å². The lowest BCUT2D eigenvalue weighted by Gasteiger charge is -2.10. The van der Waals surface area contributed by atoms with Crippen molar-refractivity contribution in [2.24, 2.45) is 5.92 Å². The second kappa shape index (κ2) is 9.87. The average Bonchev–Trinajstić information content (AvgIpc) is 2.63. The Kier molecular flexibility index (Phi) is 7.53. The zero-order chi connectivity index (χ0) is 18.9. The Hall–Kier alpha value is -2.47. The zero-order valence-electron chi connectivity index (χ0n) is 16.1. The van der Waals surface area contributed by atoms with Crippen LogP contribution in [0.2, 0.25) is 0 Å². The Labute approximate surface area is 156 Å². The van der Waals surface area contributed by atoms with Gasteiger partial charge in [-0.15, -0.1) is 0 Å². The maximum absolute atomic E-state index is 12.2. The van der Waals surface area contributed by atoms with Crippen molar-refractivity contribution < 1.29 is 4.79 Å². The summed E-state index contributed by atoms with van der Waals surface area (Å²) in [5.74, 6) is 1.31. The molecule has 0 saturated carbocycles. The highest BCUT2D eigenvalue weighted by Gasteiger charge is 2.07. The molecule has 1 aromatic heterocycles. The third-order valence-corrected chi connectivity index (χ3v) is 3.87. The number of benzene rings is 1. The van der Waals surface area contributed by atoms with E-state index in [4.69, 9.17) is 0 Å².